The quantitative estimate of drug-likeness (QED) is 0.892. The van der Waals surface area contributed by atoms with Gasteiger partial charge >= 0.3 is 0 Å². The second-order valence-electron chi connectivity index (χ2n) is 5.44. The monoisotopic (exact) mass is 346 g/mol. The Kier molecular flexibility index (Phi) is 4.71. The average Bonchev–Trinajstić information content (AvgIpc) is 3.02. The predicted octanol–water partition coefficient (Wildman–Crippen LogP) is 2.97. The minimum absolute atomic E-state index is 0.159. The van der Waals surface area contributed by atoms with Crippen LogP contribution in [0, 0.1) is 0 Å². The molecule has 1 atom stereocenters. The average molecular weight is 346 g/mol. The second kappa shape index (κ2) is 6.92. The van der Waals surface area contributed by atoms with E-state index in [-0.39, 0.29) is 17.9 Å². The summed E-state index contributed by atoms with van der Waals surface area (Å²) >= 11 is 1.24. The van der Waals surface area contributed by atoms with E-state index in [0.29, 0.717) is 28.8 Å². The van der Waals surface area contributed by atoms with Gasteiger partial charge < -0.3 is 20.1 Å². The number of carbonyl (C=O) groups excluding carboxylic acids is 2. The van der Waals surface area contributed by atoms with Gasteiger partial charge in [-0.3, -0.25) is 9.59 Å². The SMILES string of the molecule is CC(=O)Nc1ccc(C(=O)N[C@H](C)c2ccc3c(c2)OCCO3)s1. The van der Waals surface area contributed by atoms with Crippen molar-refractivity contribution in [3.63, 3.8) is 0 Å². The molecule has 0 fully saturated rings. The fourth-order valence-corrected chi connectivity index (χ4v) is 3.24. The van der Waals surface area contributed by atoms with Crippen LogP contribution in [-0.4, -0.2) is 25.0 Å². The molecule has 6 nitrogen and oxygen atoms in total. The van der Waals surface area contributed by atoms with Crippen LogP contribution in [-0.2, 0) is 4.79 Å². The van der Waals surface area contributed by atoms with E-state index in [1.807, 2.05) is 25.1 Å². The molecule has 0 spiro atoms. The first kappa shape index (κ1) is 16.3. The summed E-state index contributed by atoms with van der Waals surface area (Å²) in [4.78, 5) is 23.9. The summed E-state index contributed by atoms with van der Waals surface area (Å²) in [5, 5.41) is 6.27. The van der Waals surface area contributed by atoms with Crippen LogP contribution in [0.3, 0.4) is 0 Å². The zero-order valence-corrected chi connectivity index (χ0v) is 14.2. The summed E-state index contributed by atoms with van der Waals surface area (Å²) in [6.07, 6.45) is 0. The summed E-state index contributed by atoms with van der Waals surface area (Å²) in [5.74, 6) is 1.08. The largest absolute Gasteiger partial charge is 0.486 e. The zero-order chi connectivity index (χ0) is 17.1. The van der Waals surface area contributed by atoms with Crippen LogP contribution < -0.4 is 20.1 Å². The molecule has 0 radical (unpaired) electrons. The van der Waals surface area contributed by atoms with Crippen LogP contribution in [0.4, 0.5) is 5.00 Å². The Morgan fingerprint density at radius 1 is 1.12 bits per heavy atom. The van der Waals surface area contributed by atoms with Crippen molar-refractivity contribution in [3.05, 3.63) is 40.8 Å². The minimum atomic E-state index is -0.181. The van der Waals surface area contributed by atoms with Gasteiger partial charge in [-0.25, -0.2) is 0 Å². The highest BCUT2D eigenvalue weighted by molar-refractivity contribution is 7.18. The van der Waals surface area contributed by atoms with Crippen molar-refractivity contribution in [1.82, 2.24) is 5.32 Å². The topological polar surface area (TPSA) is 76.7 Å². The number of nitrogens with one attached hydrogen (secondary N) is 2. The van der Waals surface area contributed by atoms with E-state index in [0.717, 1.165) is 11.3 Å². The lowest BCUT2D eigenvalue weighted by Crippen LogP contribution is -2.26. The molecule has 2 heterocycles. The van der Waals surface area contributed by atoms with Crippen LogP contribution in [0.2, 0.25) is 0 Å². The molecule has 1 aromatic heterocycles. The molecule has 126 valence electrons. The van der Waals surface area contributed by atoms with Gasteiger partial charge in [-0.05, 0) is 36.8 Å². The molecular weight excluding hydrogens is 328 g/mol. The van der Waals surface area contributed by atoms with Crippen LogP contribution in [0.5, 0.6) is 11.5 Å². The maximum Gasteiger partial charge on any atom is 0.261 e. The first-order chi connectivity index (χ1) is 11.5. The van der Waals surface area contributed by atoms with Crippen molar-refractivity contribution < 1.29 is 19.1 Å². The molecule has 0 saturated heterocycles. The number of fused-ring (bicyclic) bond motifs is 1. The molecule has 2 aromatic rings. The summed E-state index contributed by atoms with van der Waals surface area (Å²) < 4.78 is 11.1. The molecule has 0 unspecified atom stereocenters. The fourth-order valence-electron chi connectivity index (χ4n) is 2.38. The standard InChI is InChI=1S/C17H18N2O4S/c1-10(12-3-4-13-14(9-12)23-8-7-22-13)18-17(21)15-5-6-16(24-15)19-11(2)20/h3-6,9-10H,7-8H2,1-2H3,(H,18,21)(H,19,20)/t10-/m1/s1. The van der Waals surface area contributed by atoms with Gasteiger partial charge in [-0.2, -0.15) is 0 Å². The third-order valence-corrected chi connectivity index (χ3v) is 4.54. The number of ether oxygens (including phenoxy) is 2. The van der Waals surface area contributed by atoms with Crippen molar-refractivity contribution in [1.29, 1.82) is 0 Å². The molecule has 3 rings (SSSR count). The number of hydrogen-bond acceptors (Lipinski definition) is 5. The van der Waals surface area contributed by atoms with Gasteiger partial charge in [0.2, 0.25) is 5.91 Å². The normalized spacial score (nSPS) is 13.9. The number of amides is 2. The van der Waals surface area contributed by atoms with Crippen molar-refractivity contribution >= 4 is 28.2 Å². The van der Waals surface area contributed by atoms with Gasteiger partial charge in [0, 0.05) is 6.92 Å². The molecule has 0 bridgehead atoms. The van der Waals surface area contributed by atoms with E-state index in [1.165, 1.54) is 18.3 Å². The third kappa shape index (κ3) is 3.68. The van der Waals surface area contributed by atoms with Gasteiger partial charge in [0.25, 0.3) is 5.91 Å². The maximum atomic E-state index is 12.3. The van der Waals surface area contributed by atoms with Crippen LogP contribution in [0.15, 0.2) is 30.3 Å². The first-order valence-corrected chi connectivity index (χ1v) is 8.42. The smallest absolute Gasteiger partial charge is 0.261 e. The Hall–Kier alpha value is -2.54. The predicted molar refractivity (Wildman–Crippen MR) is 91.9 cm³/mol. The van der Waals surface area contributed by atoms with E-state index in [4.69, 9.17) is 9.47 Å². The molecular formula is C17H18N2O4S. The van der Waals surface area contributed by atoms with Crippen molar-refractivity contribution in [2.45, 2.75) is 19.9 Å². The number of carbonyl (C=O) groups is 2. The number of benzene rings is 1. The number of rotatable bonds is 4. The van der Waals surface area contributed by atoms with E-state index in [2.05, 4.69) is 10.6 Å². The molecule has 7 heteroatoms. The zero-order valence-electron chi connectivity index (χ0n) is 13.4. The van der Waals surface area contributed by atoms with Crippen LogP contribution >= 0.6 is 11.3 Å². The fraction of sp³-hybridized carbons (Fsp3) is 0.294. The molecule has 2 N–H and O–H groups in total. The molecule has 24 heavy (non-hydrogen) atoms. The van der Waals surface area contributed by atoms with E-state index < -0.39 is 0 Å². The highest BCUT2D eigenvalue weighted by Gasteiger charge is 2.17. The molecule has 1 aliphatic rings. The molecule has 2 amide bonds. The lowest BCUT2D eigenvalue weighted by molar-refractivity contribution is -0.114. The van der Waals surface area contributed by atoms with E-state index in [9.17, 15) is 9.59 Å². The lowest BCUT2D eigenvalue weighted by Gasteiger charge is -2.21. The van der Waals surface area contributed by atoms with E-state index in [1.54, 1.807) is 12.1 Å². The van der Waals surface area contributed by atoms with Crippen LogP contribution in [0.1, 0.15) is 35.1 Å². The number of hydrogen-bond donors (Lipinski definition) is 2. The van der Waals surface area contributed by atoms with Crippen LogP contribution in [0.25, 0.3) is 0 Å². The van der Waals surface area contributed by atoms with Crippen molar-refractivity contribution in [3.8, 4) is 11.5 Å². The Morgan fingerprint density at radius 2 is 1.88 bits per heavy atom. The van der Waals surface area contributed by atoms with Crippen molar-refractivity contribution in [2.75, 3.05) is 18.5 Å². The van der Waals surface area contributed by atoms with E-state index >= 15 is 0 Å². The highest BCUT2D eigenvalue weighted by atomic mass is 32.1. The number of anilines is 1. The van der Waals surface area contributed by atoms with Gasteiger partial charge in [0.05, 0.1) is 15.9 Å². The van der Waals surface area contributed by atoms with Gasteiger partial charge in [0.15, 0.2) is 11.5 Å². The van der Waals surface area contributed by atoms with Crippen molar-refractivity contribution in [2.24, 2.45) is 0 Å². The third-order valence-electron chi connectivity index (χ3n) is 3.54. The molecule has 0 saturated carbocycles. The second-order valence-corrected chi connectivity index (χ2v) is 6.53. The summed E-state index contributed by atoms with van der Waals surface area (Å²) in [7, 11) is 0. The Morgan fingerprint density at radius 3 is 2.62 bits per heavy atom. The Labute approximate surface area is 143 Å². The highest BCUT2D eigenvalue weighted by Crippen LogP contribution is 2.32. The molecule has 1 aliphatic heterocycles. The Bertz CT molecular complexity index is 772. The van der Waals surface area contributed by atoms with Gasteiger partial charge in [0.1, 0.15) is 13.2 Å². The first-order valence-electron chi connectivity index (χ1n) is 7.61. The summed E-state index contributed by atoms with van der Waals surface area (Å²) in [6, 6.07) is 8.88. The number of thiophene rings is 1. The summed E-state index contributed by atoms with van der Waals surface area (Å²) in [5.41, 5.74) is 0.936. The Balaban J connectivity index is 1.67. The van der Waals surface area contributed by atoms with Gasteiger partial charge in [-0.1, -0.05) is 6.07 Å². The maximum absolute atomic E-state index is 12.3. The summed E-state index contributed by atoms with van der Waals surface area (Å²) in [6.45, 7) is 4.42. The lowest BCUT2D eigenvalue weighted by atomic mass is 10.1. The molecule has 1 aromatic carbocycles. The minimum Gasteiger partial charge on any atom is -0.486 e. The molecule has 0 aliphatic carbocycles. The van der Waals surface area contributed by atoms with Gasteiger partial charge in [-0.15, -0.1) is 11.3 Å².